The molecule has 12 heavy (non-hydrogen) atoms. The van der Waals surface area contributed by atoms with Gasteiger partial charge in [-0.3, -0.25) is 0 Å². The summed E-state index contributed by atoms with van der Waals surface area (Å²) in [6, 6.07) is 7.84. The Morgan fingerprint density at radius 1 is 1.42 bits per heavy atom. The fourth-order valence-corrected chi connectivity index (χ4v) is 1.08. The van der Waals surface area contributed by atoms with E-state index in [2.05, 4.69) is 5.32 Å². The van der Waals surface area contributed by atoms with E-state index in [-0.39, 0.29) is 6.73 Å². The highest BCUT2D eigenvalue weighted by atomic mass is 32.1. The molecule has 0 bridgehead atoms. The molecule has 0 aliphatic heterocycles. The van der Waals surface area contributed by atoms with Crippen molar-refractivity contribution in [3.8, 4) is 0 Å². The zero-order valence-corrected chi connectivity index (χ0v) is 7.69. The monoisotopic (exact) mass is 181 g/mol. The summed E-state index contributed by atoms with van der Waals surface area (Å²) in [7, 11) is 0. The fourth-order valence-electron chi connectivity index (χ4n) is 0.879. The van der Waals surface area contributed by atoms with E-state index in [1.165, 1.54) is 5.56 Å². The summed E-state index contributed by atoms with van der Waals surface area (Å²) >= 11 is 4.99. The topological polar surface area (TPSA) is 32.3 Å². The first-order valence-electron chi connectivity index (χ1n) is 3.70. The molecule has 1 rings (SSSR count). The van der Waals surface area contributed by atoms with Crippen molar-refractivity contribution < 1.29 is 5.11 Å². The Morgan fingerprint density at radius 3 is 2.50 bits per heavy atom. The minimum atomic E-state index is -0.118. The number of hydrogen-bond donors (Lipinski definition) is 2. The molecule has 2 N–H and O–H groups in total. The number of hydrogen-bond acceptors (Lipinski definition) is 2. The van der Waals surface area contributed by atoms with Crippen LogP contribution < -0.4 is 5.32 Å². The average molecular weight is 181 g/mol. The summed E-state index contributed by atoms with van der Waals surface area (Å²) in [5, 5.41) is 11.2. The van der Waals surface area contributed by atoms with Crippen LogP contribution >= 0.6 is 12.2 Å². The van der Waals surface area contributed by atoms with Crippen LogP contribution in [0.2, 0.25) is 0 Å². The lowest BCUT2D eigenvalue weighted by Crippen LogP contribution is -2.22. The van der Waals surface area contributed by atoms with Crippen LogP contribution in [0.4, 0.5) is 0 Å². The van der Waals surface area contributed by atoms with Crippen molar-refractivity contribution in [2.24, 2.45) is 0 Å². The van der Waals surface area contributed by atoms with E-state index in [0.717, 1.165) is 5.56 Å². The first kappa shape index (κ1) is 9.16. The van der Waals surface area contributed by atoms with Gasteiger partial charge < -0.3 is 10.4 Å². The van der Waals surface area contributed by atoms with Gasteiger partial charge in [0.25, 0.3) is 0 Å². The van der Waals surface area contributed by atoms with Crippen molar-refractivity contribution in [3.63, 3.8) is 0 Å². The molecule has 0 spiro atoms. The Balaban J connectivity index is 2.75. The Hall–Kier alpha value is -0.930. The maximum absolute atomic E-state index is 8.55. The smallest absolute Gasteiger partial charge is 0.113 e. The van der Waals surface area contributed by atoms with E-state index in [0.29, 0.717) is 4.99 Å². The third-order valence-corrected chi connectivity index (χ3v) is 1.93. The van der Waals surface area contributed by atoms with Crippen LogP contribution in [0.25, 0.3) is 0 Å². The number of aliphatic hydroxyl groups excluding tert-OH is 1. The second kappa shape index (κ2) is 4.18. The van der Waals surface area contributed by atoms with Gasteiger partial charge in [-0.25, -0.2) is 0 Å². The molecule has 0 saturated heterocycles. The minimum absolute atomic E-state index is 0.118. The van der Waals surface area contributed by atoms with E-state index in [1.807, 2.05) is 31.2 Å². The second-order valence-corrected chi connectivity index (χ2v) is 2.94. The Bertz CT molecular complexity index is 268. The van der Waals surface area contributed by atoms with Crippen LogP contribution in [0.1, 0.15) is 11.1 Å². The second-order valence-electron chi connectivity index (χ2n) is 2.53. The van der Waals surface area contributed by atoms with Gasteiger partial charge in [-0.15, -0.1) is 0 Å². The van der Waals surface area contributed by atoms with Crippen LogP contribution in [0.5, 0.6) is 0 Å². The van der Waals surface area contributed by atoms with Crippen LogP contribution in [0, 0.1) is 6.92 Å². The zero-order chi connectivity index (χ0) is 8.97. The molecule has 2 nitrogen and oxygen atoms in total. The van der Waals surface area contributed by atoms with E-state index in [1.54, 1.807) is 0 Å². The largest absolute Gasteiger partial charge is 0.377 e. The number of benzene rings is 1. The number of thiocarbonyl (C=S) groups is 1. The summed E-state index contributed by atoms with van der Waals surface area (Å²) in [6.45, 7) is 1.90. The normalized spacial score (nSPS) is 9.50. The lowest BCUT2D eigenvalue weighted by molar-refractivity contribution is 0.287. The first-order valence-corrected chi connectivity index (χ1v) is 4.10. The number of nitrogens with one attached hydrogen (secondary N) is 1. The highest BCUT2D eigenvalue weighted by Crippen LogP contribution is 2.03. The molecule has 1 aromatic rings. The van der Waals surface area contributed by atoms with Gasteiger partial charge in [-0.2, -0.15) is 0 Å². The maximum Gasteiger partial charge on any atom is 0.113 e. The summed E-state index contributed by atoms with van der Waals surface area (Å²) in [4.78, 5) is 0.581. The molecule has 64 valence electrons. The van der Waals surface area contributed by atoms with Gasteiger partial charge in [-0.05, 0) is 6.92 Å². The van der Waals surface area contributed by atoms with Crippen LogP contribution in [-0.4, -0.2) is 16.8 Å². The summed E-state index contributed by atoms with van der Waals surface area (Å²) in [5.41, 5.74) is 2.13. The Morgan fingerprint density at radius 2 is 2.00 bits per heavy atom. The van der Waals surface area contributed by atoms with Crippen LogP contribution in [-0.2, 0) is 0 Å². The van der Waals surface area contributed by atoms with Crippen molar-refractivity contribution in [2.75, 3.05) is 6.73 Å². The SMILES string of the molecule is Cc1ccc(C(=S)NCO)cc1. The molecule has 0 heterocycles. The molecular formula is C9H11NOS. The van der Waals surface area contributed by atoms with Gasteiger partial charge in [0.2, 0.25) is 0 Å². The summed E-state index contributed by atoms with van der Waals surface area (Å²) in [6.07, 6.45) is 0. The standard InChI is InChI=1S/C9H11NOS/c1-7-2-4-8(5-3-7)9(12)10-6-11/h2-5,11H,6H2,1H3,(H,10,12). The molecule has 0 aliphatic carbocycles. The average Bonchev–Trinajstić information content (AvgIpc) is 2.06. The maximum atomic E-state index is 8.55. The first-order chi connectivity index (χ1) is 5.74. The minimum Gasteiger partial charge on any atom is -0.377 e. The fraction of sp³-hybridized carbons (Fsp3) is 0.222. The van der Waals surface area contributed by atoms with Crippen LogP contribution in [0.3, 0.4) is 0 Å². The lowest BCUT2D eigenvalue weighted by atomic mass is 10.1. The molecule has 0 fully saturated rings. The molecule has 0 unspecified atom stereocenters. The zero-order valence-electron chi connectivity index (χ0n) is 6.87. The molecule has 0 atom stereocenters. The molecule has 0 amide bonds. The molecule has 3 heteroatoms. The third kappa shape index (κ3) is 2.29. The summed E-state index contributed by atoms with van der Waals surface area (Å²) < 4.78 is 0. The molecule has 1 aromatic carbocycles. The number of rotatable bonds is 2. The van der Waals surface area contributed by atoms with Gasteiger partial charge in [-0.1, -0.05) is 42.0 Å². The Kier molecular flexibility index (Phi) is 3.19. The summed E-state index contributed by atoms with van der Waals surface area (Å²) in [5.74, 6) is 0. The molecule has 0 aliphatic rings. The lowest BCUT2D eigenvalue weighted by Gasteiger charge is -2.04. The predicted octanol–water partition coefficient (Wildman–Crippen LogP) is 1.21. The van der Waals surface area contributed by atoms with Gasteiger partial charge in [0.15, 0.2) is 0 Å². The molecular weight excluding hydrogens is 170 g/mol. The van der Waals surface area contributed by atoms with Crippen LogP contribution in [0.15, 0.2) is 24.3 Å². The highest BCUT2D eigenvalue weighted by molar-refractivity contribution is 7.80. The highest BCUT2D eigenvalue weighted by Gasteiger charge is 1.97. The van der Waals surface area contributed by atoms with Crippen molar-refractivity contribution in [1.82, 2.24) is 5.32 Å². The van der Waals surface area contributed by atoms with Gasteiger partial charge >= 0.3 is 0 Å². The van der Waals surface area contributed by atoms with E-state index in [4.69, 9.17) is 17.3 Å². The van der Waals surface area contributed by atoms with Gasteiger partial charge in [0, 0.05) is 5.56 Å². The van der Waals surface area contributed by atoms with Crippen molar-refractivity contribution in [3.05, 3.63) is 35.4 Å². The predicted molar refractivity (Wildman–Crippen MR) is 53.1 cm³/mol. The van der Waals surface area contributed by atoms with E-state index in [9.17, 15) is 0 Å². The van der Waals surface area contributed by atoms with Crippen molar-refractivity contribution >= 4 is 17.2 Å². The van der Waals surface area contributed by atoms with E-state index < -0.39 is 0 Å². The van der Waals surface area contributed by atoms with Gasteiger partial charge in [0.1, 0.15) is 11.7 Å². The van der Waals surface area contributed by atoms with Crippen molar-refractivity contribution in [2.45, 2.75) is 6.92 Å². The van der Waals surface area contributed by atoms with E-state index >= 15 is 0 Å². The molecule has 0 saturated carbocycles. The molecule has 0 radical (unpaired) electrons. The third-order valence-electron chi connectivity index (χ3n) is 1.55. The van der Waals surface area contributed by atoms with Crippen molar-refractivity contribution in [1.29, 1.82) is 0 Å². The Labute approximate surface area is 77.2 Å². The molecule has 0 aromatic heterocycles. The van der Waals surface area contributed by atoms with Gasteiger partial charge in [0.05, 0.1) is 0 Å². The quantitative estimate of drug-likeness (QED) is 0.531. The number of aryl methyl sites for hydroxylation is 1. The number of aliphatic hydroxyl groups is 1.